The summed E-state index contributed by atoms with van der Waals surface area (Å²) in [6.45, 7) is 1.85. The van der Waals surface area contributed by atoms with E-state index in [2.05, 4.69) is 25.7 Å². The molecule has 3 heterocycles. The highest BCUT2D eigenvalue weighted by Crippen LogP contribution is 2.35. The van der Waals surface area contributed by atoms with Crippen molar-refractivity contribution in [3.05, 3.63) is 98.7 Å². The summed E-state index contributed by atoms with van der Waals surface area (Å²) in [5.74, 6) is -2.06. The third-order valence-corrected chi connectivity index (χ3v) is 6.72. The zero-order valence-corrected chi connectivity index (χ0v) is 23.5. The molecule has 0 fully saturated rings. The molecule has 0 saturated carbocycles. The molecule has 0 saturated heterocycles. The van der Waals surface area contributed by atoms with Crippen molar-refractivity contribution in [2.45, 2.75) is 19.7 Å². The molecule has 210 valence electrons. The van der Waals surface area contributed by atoms with Gasteiger partial charge in [-0.25, -0.2) is 14.4 Å². The molecule has 2 N–H and O–H groups in total. The summed E-state index contributed by atoms with van der Waals surface area (Å²) in [4.78, 5) is 35.3. The van der Waals surface area contributed by atoms with Gasteiger partial charge in [0, 0.05) is 17.6 Å². The molecule has 0 bridgehead atoms. The average molecular weight is 597 g/mol. The number of methoxy groups -OCH3 is 1. The first-order chi connectivity index (χ1) is 19.6. The van der Waals surface area contributed by atoms with Gasteiger partial charge in [0.15, 0.2) is 0 Å². The van der Waals surface area contributed by atoms with Crippen LogP contribution in [0, 0.1) is 12.7 Å². The van der Waals surface area contributed by atoms with E-state index < -0.39 is 23.8 Å². The molecule has 41 heavy (non-hydrogen) atoms. The number of benzodiazepines with no additional fused rings is 1. The normalized spacial score (nSPS) is 14.4. The smallest absolute Gasteiger partial charge is 0.269 e. The SMILES string of the molecule is COc1cc(Cl)cc(Cl)c1C1=NC(NC(=O)c2cc(F)cnc2OCc2cc(C)nn2C)C(=O)Nc2ccccc21. The number of halogens is 3. The monoisotopic (exact) mass is 596 g/mol. The van der Waals surface area contributed by atoms with Gasteiger partial charge in [-0.05, 0) is 37.3 Å². The highest BCUT2D eigenvalue weighted by Gasteiger charge is 2.30. The van der Waals surface area contributed by atoms with Crippen LogP contribution >= 0.6 is 23.2 Å². The Morgan fingerprint density at radius 2 is 1.98 bits per heavy atom. The largest absolute Gasteiger partial charge is 0.496 e. The van der Waals surface area contributed by atoms with E-state index in [1.807, 2.05) is 13.0 Å². The first-order valence-corrected chi connectivity index (χ1v) is 13.0. The van der Waals surface area contributed by atoms with E-state index in [0.29, 0.717) is 33.3 Å². The topological polar surface area (TPSA) is 120 Å². The molecule has 0 aliphatic carbocycles. The predicted molar refractivity (Wildman–Crippen MR) is 151 cm³/mol. The molecule has 1 aliphatic rings. The van der Waals surface area contributed by atoms with E-state index in [0.717, 1.165) is 18.0 Å². The molecule has 0 radical (unpaired) electrons. The summed E-state index contributed by atoms with van der Waals surface area (Å²) in [6.07, 6.45) is -0.516. The van der Waals surface area contributed by atoms with Crippen LogP contribution in [-0.4, -0.2) is 45.6 Å². The molecule has 1 aliphatic heterocycles. The van der Waals surface area contributed by atoms with Gasteiger partial charge in [-0.1, -0.05) is 41.4 Å². The van der Waals surface area contributed by atoms with Crippen molar-refractivity contribution in [2.75, 3.05) is 12.4 Å². The minimum atomic E-state index is -1.45. The van der Waals surface area contributed by atoms with Crippen molar-refractivity contribution < 1.29 is 23.5 Å². The molecule has 2 amide bonds. The van der Waals surface area contributed by atoms with Crippen LogP contribution in [0.5, 0.6) is 11.6 Å². The zero-order valence-electron chi connectivity index (χ0n) is 22.0. The summed E-state index contributed by atoms with van der Waals surface area (Å²) >= 11 is 12.8. The predicted octanol–water partition coefficient (Wildman–Crippen LogP) is 4.70. The number of rotatable bonds is 7. The van der Waals surface area contributed by atoms with Crippen LogP contribution in [0.25, 0.3) is 0 Å². The Morgan fingerprint density at radius 1 is 1.20 bits per heavy atom. The van der Waals surface area contributed by atoms with Crippen molar-refractivity contribution in [1.29, 1.82) is 0 Å². The van der Waals surface area contributed by atoms with Gasteiger partial charge in [0.1, 0.15) is 23.7 Å². The van der Waals surface area contributed by atoms with Gasteiger partial charge in [-0.2, -0.15) is 5.10 Å². The molecule has 10 nitrogen and oxygen atoms in total. The Hall–Kier alpha value is -4.48. The van der Waals surface area contributed by atoms with Crippen LogP contribution in [-0.2, 0) is 18.4 Å². The fourth-order valence-electron chi connectivity index (χ4n) is 4.34. The van der Waals surface area contributed by atoms with Crippen LogP contribution in [0.3, 0.4) is 0 Å². The number of aryl methyl sites for hydroxylation is 2. The maximum atomic E-state index is 14.2. The lowest BCUT2D eigenvalue weighted by atomic mass is 9.99. The molecule has 5 rings (SSSR count). The Balaban J connectivity index is 1.52. The second-order valence-electron chi connectivity index (χ2n) is 9.05. The number of ether oxygens (including phenoxy) is 2. The lowest BCUT2D eigenvalue weighted by Gasteiger charge is -2.16. The average Bonchev–Trinajstić information content (AvgIpc) is 3.19. The molecule has 13 heteroatoms. The van der Waals surface area contributed by atoms with Gasteiger partial charge < -0.3 is 20.1 Å². The molecular formula is C28H23Cl2FN6O4. The Labute approximate surface area is 244 Å². The Morgan fingerprint density at radius 3 is 2.71 bits per heavy atom. The summed E-state index contributed by atoms with van der Waals surface area (Å²) < 4.78 is 27.1. The van der Waals surface area contributed by atoms with Gasteiger partial charge in [0.05, 0.1) is 46.7 Å². The fraction of sp³-hybridized carbons (Fsp3) is 0.179. The number of carbonyl (C=O) groups excluding carboxylic acids is 2. The second-order valence-corrected chi connectivity index (χ2v) is 9.89. The number of carbonyl (C=O) groups is 2. The van der Waals surface area contributed by atoms with Crippen molar-refractivity contribution in [3.8, 4) is 11.6 Å². The van der Waals surface area contributed by atoms with E-state index >= 15 is 0 Å². The summed E-state index contributed by atoms with van der Waals surface area (Å²) in [5.41, 5.74) is 2.86. The van der Waals surface area contributed by atoms with E-state index in [1.54, 1.807) is 42.1 Å². The number of hydrogen-bond acceptors (Lipinski definition) is 7. The second kappa shape index (κ2) is 11.6. The van der Waals surface area contributed by atoms with Gasteiger partial charge in [-0.3, -0.25) is 14.3 Å². The fourth-order valence-corrected chi connectivity index (χ4v) is 4.91. The van der Waals surface area contributed by atoms with E-state index in [-0.39, 0.29) is 28.8 Å². The van der Waals surface area contributed by atoms with E-state index in [4.69, 9.17) is 32.7 Å². The molecule has 0 spiro atoms. The molecule has 2 aromatic heterocycles. The van der Waals surface area contributed by atoms with Crippen LogP contribution in [0.2, 0.25) is 10.0 Å². The minimum Gasteiger partial charge on any atom is -0.496 e. The summed E-state index contributed by atoms with van der Waals surface area (Å²) in [6, 6.07) is 12.8. The summed E-state index contributed by atoms with van der Waals surface area (Å²) in [7, 11) is 3.19. The summed E-state index contributed by atoms with van der Waals surface area (Å²) in [5, 5.41) is 10.1. The number of benzene rings is 2. The van der Waals surface area contributed by atoms with Crippen molar-refractivity contribution in [1.82, 2.24) is 20.1 Å². The van der Waals surface area contributed by atoms with Gasteiger partial charge in [0.2, 0.25) is 12.0 Å². The Bertz CT molecular complexity index is 1710. The number of fused-ring (bicyclic) bond motifs is 1. The number of nitrogens with zero attached hydrogens (tertiary/aromatic N) is 4. The number of para-hydroxylation sites is 1. The number of aromatic nitrogens is 3. The molecule has 4 aromatic rings. The number of pyridine rings is 1. The number of amides is 2. The van der Waals surface area contributed by atoms with Gasteiger partial charge in [0.25, 0.3) is 11.8 Å². The first-order valence-electron chi connectivity index (χ1n) is 12.2. The van der Waals surface area contributed by atoms with Gasteiger partial charge in [-0.15, -0.1) is 0 Å². The minimum absolute atomic E-state index is 0.0205. The van der Waals surface area contributed by atoms with Crippen LogP contribution in [0.1, 0.15) is 32.9 Å². The Kier molecular flexibility index (Phi) is 7.91. The van der Waals surface area contributed by atoms with Crippen molar-refractivity contribution in [2.24, 2.45) is 12.0 Å². The quantitative estimate of drug-likeness (QED) is 0.319. The number of aliphatic imine (C=N–C) groups is 1. The highest BCUT2D eigenvalue weighted by molar-refractivity contribution is 6.39. The van der Waals surface area contributed by atoms with Crippen LogP contribution in [0.15, 0.2) is 59.7 Å². The van der Waals surface area contributed by atoms with Gasteiger partial charge >= 0.3 is 0 Å². The van der Waals surface area contributed by atoms with Crippen LogP contribution in [0.4, 0.5) is 10.1 Å². The van der Waals surface area contributed by atoms with Crippen molar-refractivity contribution in [3.63, 3.8) is 0 Å². The standard InChI is InChI=1S/C28H23Cl2FN6O4/c1-14-8-17(37(2)36-14)13-41-28-19(11-16(31)12-32-28)26(38)35-25-27(39)33-21-7-5-4-6-18(21)24(34-25)23-20(30)9-15(29)10-22(23)40-3/h4-12,25H,13H2,1-3H3,(H,33,39)(H,35,38). The maximum Gasteiger partial charge on any atom is 0.269 e. The van der Waals surface area contributed by atoms with Crippen molar-refractivity contribution >= 4 is 46.4 Å². The molecule has 1 atom stereocenters. The third kappa shape index (κ3) is 5.86. The number of hydrogen-bond donors (Lipinski definition) is 2. The van der Waals surface area contributed by atoms with E-state index in [1.165, 1.54) is 13.2 Å². The number of anilines is 1. The zero-order chi connectivity index (χ0) is 29.3. The first kappa shape index (κ1) is 28.1. The molecular weight excluding hydrogens is 574 g/mol. The lowest BCUT2D eigenvalue weighted by Crippen LogP contribution is -2.42. The third-order valence-electron chi connectivity index (χ3n) is 6.21. The van der Waals surface area contributed by atoms with Crippen LogP contribution < -0.4 is 20.1 Å². The number of nitrogens with one attached hydrogen (secondary N) is 2. The lowest BCUT2D eigenvalue weighted by molar-refractivity contribution is -0.117. The maximum absolute atomic E-state index is 14.2. The molecule has 1 unspecified atom stereocenters. The molecule has 2 aromatic carbocycles. The highest BCUT2D eigenvalue weighted by atomic mass is 35.5. The van der Waals surface area contributed by atoms with E-state index in [9.17, 15) is 14.0 Å².